The minimum absolute atomic E-state index is 0.335. The van der Waals surface area contributed by atoms with Crippen LogP contribution in [-0.4, -0.2) is 37.5 Å². The molecule has 0 fully saturated rings. The van der Waals surface area contributed by atoms with E-state index in [1.165, 1.54) is 38.5 Å². The normalized spacial score (nSPS) is 12.0. The van der Waals surface area contributed by atoms with Crippen molar-refractivity contribution in [2.75, 3.05) is 26.4 Å². The first kappa shape index (κ1) is 21.8. The fraction of sp³-hybridized carbons (Fsp3) is 1.00. The van der Waals surface area contributed by atoms with Gasteiger partial charge in [0, 0.05) is 32.8 Å². The fourth-order valence-electron chi connectivity index (χ4n) is 2.69. The van der Waals surface area contributed by atoms with Crippen LogP contribution in [0.4, 0.5) is 0 Å². The van der Waals surface area contributed by atoms with Crippen LogP contribution in [0.2, 0.25) is 0 Å². The zero-order valence-electron chi connectivity index (χ0n) is 15.1. The van der Waals surface area contributed by atoms with Crippen LogP contribution in [0.15, 0.2) is 0 Å². The van der Waals surface area contributed by atoms with Gasteiger partial charge in [-0.2, -0.15) is 0 Å². The topological polar surface area (TPSA) is 47.9 Å². The van der Waals surface area contributed by atoms with E-state index >= 15 is 0 Å². The second kappa shape index (κ2) is 15.7. The smallest absolute Gasteiger partial charge is 0.282 e. The summed E-state index contributed by atoms with van der Waals surface area (Å²) >= 11 is 0. The molecule has 0 heterocycles. The molecule has 0 amide bonds. The van der Waals surface area contributed by atoms with E-state index in [0.717, 1.165) is 25.7 Å². The second-order valence-electron chi connectivity index (χ2n) is 5.64. The maximum Gasteiger partial charge on any atom is 0.282 e. The second-order valence-corrected chi connectivity index (χ2v) is 5.64. The van der Waals surface area contributed by atoms with Gasteiger partial charge in [0.2, 0.25) is 0 Å². The molecule has 0 bridgehead atoms. The van der Waals surface area contributed by atoms with Crippen molar-refractivity contribution in [1.82, 2.24) is 0 Å². The molecule has 0 saturated heterocycles. The summed E-state index contributed by atoms with van der Waals surface area (Å²) in [6.07, 6.45) is 11.6. The lowest BCUT2D eigenvalue weighted by molar-refractivity contribution is -0.380. The maximum absolute atomic E-state index is 8.72. The minimum Gasteiger partial charge on any atom is -0.396 e. The van der Waals surface area contributed by atoms with Crippen LogP contribution in [-0.2, 0) is 14.2 Å². The third-order valence-electron chi connectivity index (χ3n) is 3.73. The molecule has 0 aliphatic heterocycles. The summed E-state index contributed by atoms with van der Waals surface area (Å²) in [7, 11) is 0. The van der Waals surface area contributed by atoms with Gasteiger partial charge in [-0.05, 0) is 33.6 Å². The third-order valence-corrected chi connectivity index (χ3v) is 3.73. The standard InChI is InChI=1S/C18H38O4/c1-4-20-18(21-5-2,22-6-3)16-14-12-10-8-7-9-11-13-15-17-19/h19H,4-17H2,1-3H3. The molecular weight excluding hydrogens is 280 g/mol. The molecule has 134 valence electrons. The highest BCUT2D eigenvalue weighted by atomic mass is 16.9. The molecule has 0 unspecified atom stereocenters. The Bertz CT molecular complexity index is 204. The van der Waals surface area contributed by atoms with Crippen LogP contribution >= 0.6 is 0 Å². The van der Waals surface area contributed by atoms with Crippen molar-refractivity contribution < 1.29 is 19.3 Å². The van der Waals surface area contributed by atoms with Crippen molar-refractivity contribution in [3.05, 3.63) is 0 Å². The lowest BCUT2D eigenvalue weighted by Crippen LogP contribution is -2.39. The summed E-state index contributed by atoms with van der Waals surface area (Å²) in [5, 5.41) is 8.72. The first-order valence-electron chi connectivity index (χ1n) is 9.27. The summed E-state index contributed by atoms with van der Waals surface area (Å²) in [5.41, 5.74) is 0. The van der Waals surface area contributed by atoms with Gasteiger partial charge in [-0.3, -0.25) is 0 Å². The zero-order chi connectivity index (χ0) is 16.5. The van der Waals surface area contributed by atoms with Crippen molar-refractivity contribution in [2.24, 2.45) is 0 Å². The van der Waals surface area contributed by atoms with Crippen LogP contribution in [0.5, 0.6) is 0 Å². The molecule has 0 spiro atoms. The molecule has 1 N–H and O–H groups in total. The Morgan fingerprint density at radius 2 is 0.955 bits per heavy atom. The number of aliphatic hydroxyl groups is 1. The van der Waals surface area contributed by atoms with Crippen molar-refractivity contribution in [1.29, 1.82) is 0 Å². The summed E-state index contributed by atoms with van der Waals surface area (Å²) in [4.78, 5) is 0. The van der Waals surface area contributed by atoms with E-state index in [4.69, 9.17) is 19.3 Å². The molecule has 0 aromatic heterocycles. The van der Waals surface area contributed by atoms with E-state index in [2.05, 4.69) is 0 Å². The average Bonchev–Trinajstić information content (AvgIpc) is 2.50. The lowest BCUT2D eigenvalue weighted by atomic mass is 10.1. The van der Waals surface area contributed by atoms with E-state index in [0.29, 0.717) is 26.4 Å². The average molecular weight is 318 g/mol. The molecule has 0 aromatic rings. The monoisotopic (exact) mass is 318 g/mol. The molecule has 0 rings (SSSR count). The molecule has 0 aromatic carbocycles. The molecular formula is C18H38O4. The highest BCUT2D eigenvalue weighted by Crippen LogP contribution is 2.24. The summed E-state index contributed by atoms with van der Waals surface area (Å²) in [5.74, 6) is -0.831. The van der Waals surface area contributed by atoms with Gasteiger partial charge in [-0.1, -0.05) is 44.9 Å². The van der Waals surface area contributed by atoms with Crippen LogP contribution < -0.4 is 0 Å². The first-order chi connectivity index (χ1) is 10.7. The Hall–Kier alpha value is -0.160. The minimum atomic E-state index is -0.831. The van der Waals surface area contributed by atoms with Crippen molar-refractivity contribution in [2.45, 2.75) is 91.0 Å². The summed E-state index contributed by atoms with van der Waals surface area (Å²) in [6, 6.07) is 0. The van der Waals surface area contributed by atoms with E-state index < -0.39 is 5.97 Å². The van der Waals surface area contributed by atoms with Gasteiger partial charge in [0.25, 0.3) is 5.97 Å². The van der Waals surface area contributed by atoms with Crippen molar-refractivity contribution in [3.8, 4) is 0 Å². The van der Waals surface area contributed by atoms with E-state index in [9.17, 15) is 0 Å². The number of rotatable bonds is 17. The Labute approximate surface area is 137 Å². The molecule has 0 aliphatic rings. The predicted molar refractivity (Wildman–Crippen MR) is 90.9 cm³/mol. The van der Waals surface area contributed by atoms with Gasteiger partial charge < -0.3 is 19.3 Å². The van der Waals surface area contributed by atoms with Gasteiger partial charge in [0.1, 0.15) is 0 Å². The van der Waals surface area contributed by atoms with Crippen LogP contribution in [0.25, 0.3) is 0 Å². The summed E-state index contributed by atoms with van der Waals surface area (Å²) in [6.45, 7) is 8.08. The molecule has 0 atom stereocenters. The molecule has 4 heteroatoms. The van der Waals surface area contributed by atoms with Crippen molar-refractivity contribution in [3.63, 3.8) is 0 Å². The number of aliphatic hydroxyl groups excluding tert-OH is 1. The third kappa shape index (κ3) is 11.4. The van der Waals surface area contributed by atoms with Gasteiger partial charge in [0.15, 0.2) is 0 Å². The highest BCUT2D eigenvalue weighted by Gasteiger charge is 2.31. The van der Waals surface area contributed by atoms with E-state index in [1.807, 2.05) is 20.8 Å². The quantitative estimate of drug-likeness (QED) is 0.313. The molecule has 0 aliphatic carbocycles. The van der Waals surface area contributed by atoms with Crippen LogP contribution in [0.3, 0.4) is 0 Å². The molecule has 0 radical (unpaired) electrons. The zero-order valence-corrected chi connectivity index (χ0v) is 15.1. The van der Waals surface area contributed by atoms with Crippen LogP contribution in [0, 0.1) is 0 Å². The first-order valence-corrected chi connectivity index (χ1v) is 9.27. The Morgan fingerprint density at radius 3 is 1.32 bits per heavy atom. The SMILES string of the molecule is CCOC(CCCCCCCCCCCO)(OCC)OCC. The molecule has 0 saturated carbocycles. The Kier molecular flexibility index (Phi) is 15.6. The highest BCUT2D eigenvalue weighted by molar-refractivity contribution is 4.59. The predicted octanol–water partition coefficient (Wildman–Crippen LogP) is 4.64. The number of hydrogen-bond donors (Lipinski definition) is 1. The number of ether oxygens (including phenoxy) is 3. The van der Waals surface area contributed by atoms with E-state index in [-0.39, 0.29) is 0 Å². The Morgan fingerprint density at radius 1 is 0.591 bits per heavy atom. The largest absolute Gasteiger partial charge is 0.396 e. The fourth-order valence-corrected chi connectivity index (χ4v) is 2.69. The Balaban J connectivity index is 3.70. The maximum atomic E-state index is 8.72. The number of hydrogen-bond acceptors (Lipinski definition) is 4. The van der Waals surface area contributed by atoms with Crippen LogP contribution in [0.1, 0.15) is 85.0 Å². The van der Waals surface area contributed by atoms with Gasteiger partial charge in [-0.15, -0.1) is 0 Å². The van der Waals surface area contributed by atoms with Gasteiger partial charge in [-0.25, -0.2) is 0 Å². The van der Waals surface area contributed by atoms with E-state index in [1.54, 1.807) is 0 Å². The van der Waals surface area contributed by atoms with Crippen molar-refractivity contribution >= 4 is 0 Å². The molecule has 4 nitrogen and oxygen atoms in total. The molecule has 22 heavy (non-hydrogen) atoms. The van der Waals surface area contributed by atoms with Gasteiger partial charge in [0.05, 0.1) is 0 Å². The number of unbranched alkanes of at least 4 members (excludes halogenated alkanes) is 8. The summed E-state index contributed by atoms with van der Waals surface area (Å²) < 4.78 is 17.2. The van der Waals surface area contributed by atoms with Gasteiger partial charge >= 0.3 is 0 Å². The lowest BCUT2D eigenvalue weighted by Gasteiger charge is -2.32.